The van der Waals surface area contributed by atoms with Crippen molar-refractivity contribution in [3.8, 4) is 0 Å². The van der Waals surface area contributed by atoms with E-state index in [0.29, 0.717) is 19.5 Å². The van der Waals surface area contributed by atoms with Gasteiger partial charge in [-0.2, -0.15) is 0 Å². The number of rotatable bonds is 6. The Labute approximate surface area is 119 Å². The molecule has 2 rings (SSSR count). The van der Waals surface area contributed by atoms with Gasteiger partial charge in [0.25, 0.3) is 5.91 Å². The monoisotopic (exact) mass is 270 g/mol. The van der Waals surface area contributed by atoms with E-state index in [4.69, 9.17) is 0 Å². The van der Waals surface area contributed by atoms with Crippen molar-refractivity contribution in [2.75, 3.05) is 6.54 Å². The molecule has 4 heteroatoms. The second-order valence-electron chi connectivity index (χ2n) is 4.67. The SMILES string of the molecule is C=CCC1C(=O)N(Cc2ccccc2)C(=O)N1CC=C. The fraction of sp³-hybridized carbons (Fsp3) is 0.250. The lowest BCUT2D eigenvalue weighted by Crippen LogP contribution is -2.34. The number of hydrogen-bond donors (Lipinski definition) is 0. The Hall–Kier alpha value is -2.36. The highest BCUT2D eigenvalue weighted by Crippen LogP contribution is 2.22. The van der Waals surface area contributed by atoms with Crippen LogP contribution in [0.4, 0.5) is 4.79 Å². The predicted octanol–water partition coefficient (Wildman–Crippen LogP) is 2.58. The molecule has 4 nitrogen and oxygen atoms in total. The van der Waals surface area contributed by atoms with E-state index in [1.54, 1.807) is 17.1 Å². The molecule has 20 heavy (non-hydrogen) atoms. The average Bonchev–Trinajstić information content (AvgIpc) is 2.67. The van der Waals surface area contributed by atoms with Crippen LogP contribution in [0, 0.1) is 0 Å². The molecule has 1 aliphatic rings. The molecule has 1 heterocycles. The van der Waals surface area contributed by atoms with Gasteiger partial charge >= 0.3 is 6.03 Å². The molecular weight excluding hydrogens is 252 g/mol. The first-order chi connectivity index (χ1) is 9.69. The summed E-state index contributed by atoms with van der Waals surface area (Å²) in [6, 6.07) is 8.78. The first-order valence-corrected chi connectivity index (χ1v) is 6.56. The first-order valence-electron chi connectivity index (χ1n) is 6.56. The van der Waals surface area contributed by atoms with Crippen molar-refractivity contribution in [1.82, 2.24) is 9.80 Å². The molecule has 0 saturated carbocycles. The fourth-order valence-corrected chi connectivity index (χ4v) is 2.34. The predicted molar refractivity (Wildman–Crippen MR) is 77.9 cm³/mol. The van der Waals surface area contributed by atoms with E-state index in [1.807, 2.05) is 30.3 Å². The lowest BCUT2D eigenvalue weighted by molar-refractivity contribution is -0.128. The Morgan fingerprint density at radius 2 is 1.80 bits per heavy atom. The van der Waals surface area contributed by atoms with Gasteiger partial charge in [-0.25, -0.2) is 4.79 Å². The maximum Gasteiger partial charge on any atom is 0.328 e. The minimum Gasteiger partial charge on any atom is -0.308 e. The molecule has 1 atom stereocenters. The summed E-state index contributed by atoms with van der Waals surface area (Å²) in [7, 11) is 0. The molecule has 0 spiro atoms. The molecule has 0 bridgehead atoms. The lowest BCUT2D eigenvalue weighted by atomic mass is 10.1. The van der Waals surface area contributed by atoms with Crippen LogP contribution < -0.4 is 0 Å². The van der Waals surface area contributed by atoms with Crippen molar-refractivity contribution >= 4 is 11.9 Å². The highest BCUT2D eigenvalue weighted by Gasteiger charge is 2.43. The van der Waals surface area contributed by atoms with Crippen molar-refractivity contribution in [1.29, 1.82) is 0 Å². The molecule has 104 valence electrons. The maximum absolute atomic E-state index is 12.4. The zero-order chi connectivity index (χ0) is 14.5. The second-order valence-corrected chi connectivity index (χ2v) is 4.67. The highest BCUT2D eigenvalue weighted by molar-refractivity contribution is 6.04. The summed E-state index contributed by atoms with van der Waals surface area (Å²) in [4.78, 5) is 27.6. The Morgan fingerprint density at radius 1 is 1.10 bits per heavy atom. The van der Waals surface area contributed by atoms with E-state index in [-0.39, 0.29) is 11.9 Å². The second kappa shape index (κ2) is 6.19. The number of urea groups is 1. The lowest BCUT2D eigenvalue weighted by Gasteiger charge is -2.18. The molecular formula is C16H18N2O2. The topological polar surface area (TPSA) is 40.6 Å². The van der Waals surface area contributed by atoms with E-state index in [1.165, 1.54) is 4.90 Å². The van der Waals surface area contributed by atoms with E-state index >= 15 is 0 Å². The van der Waals surface area contributed by atoms with Crippen molar-refractivity contribution in [2.45, 2.75) is 19.0 Å². The zero-order valence-electron chi connectivity index (χ0n) is 11.4. The number of carbonyl (C=O) groups is 2. The van der Waals surface area contributed by atoms with Crippen molar-refractivity contribution in [3.63, 3.8) is 0 Å². The van der Waals surface area contributed by atoms with Crippen molar-refractivity contribution in [2.24, 2.45) is 0 Å². The third-order valence-electron chi connectivity index (χ3n) is 3.30. The molecule has 0 aliphatic carbocycles. The molecule has 1 saturated heterocycles. The minimum absolute atomic E-state index is 0.166. The Bertz CT molecular complexity index is 497. The summed E-state index contributed by atoms with van der Waals surface area (Å²) in [6.45, 7) is 7.97. The largest absolute Gasteiger partial charge is 0.328 e. The van der Waals surface area contributed by atoms with Gasteiger partial charge in [0.15, 0.2) is 0 Å². The van der Waals surface area contributed by atoms with E-state index in [2.05, 4.69) is 13.2 Å². The highest BCUT2D eigenvalue weighted by atomic mass is 16.2. The van der Waals surface area contributed by atoms with Crippen LogP contribution in [0.25, 0.3) is 0 Å². The van der Waals surface area contributed by atoms with Gasteiger partial charge in [0.05, 0.1) is 6.54 Å². The van der Waals surface area contributed by atoms with Gasteiger partial charge in [-0.05, 0) is 12.0 Å². The number of carbonyl (C=O) groups excluding carboxylic acids is 2. The third kappa shape index (κ3) is 2.64. The average molecular weight is 270 g/mol. The van der Waals surface area contributed by atoms with Gasteiger partial charge in [-0.15, -0.1) is 13.2 Å². The summed E-state index contributed by atoms with van der Waals surface area (Å²) in [5, 5.41) is 0. The van der Waals surface area contributed by atoms with E-state index < -0.39 is 6.04 Å². The normalized spacial score (nSPS) is 18.5. The number of nitrogens with zero attached hydrogens (tertiary/aromatic N) is 2. The summed E-state index contributed by atoms with van der Waals surface area (Å²) >= 11 is 0. The summed E-state index contributed by atoms with van der Waals surface area (Å²) in [5.41, 5.74) is 0.937. The molecule has 1 aliphatic heterocycles. The number of amides is 3. The molecule has 1 fully saturated rings. The zero-order valence-corrected chi connectivity index (χ0v) is 11.4. The van der Waals surface area contributed by atoms with Crippen LogP contribution in [0.2, 0.25) is 0 Å². The molecule has 1 aromatic rings. The minimum atomic E-state index is -0.457. The maximum atomic E-state index is 12.4. The molecule has 0 aromatic heterocycles. The van der Waals surface area contributed by atoms with Crippen LogP contribution in [0.3, 0.4) is 0 Å². The van der Waals surface area contributed by atoms with Crippen molar-refractivity contribution < 1.29 is 9.59 Å². The summed E-state index contributed by atoms with van der Waals surface area (Å²) in [5.74, 6) is -0.166. The summed E-state index contributed by atoms with van der Waals surface area (Å²) in [6.07, 6.45) is 3.76. The number of hydrogen-bond acceptors (Lipinski definition) is 2. The van der Waals surface area contributed by atoms with E-state index in [0.717, 1.165) is 5.56 Å². The Kier molecular flexibility index (Phi) is 4.35. The molecule has 3 amide bonds. The van der Waals surface area contributed by atoms with Gasteiger partial charge in [0.1, 0.15) is 6.04 Å². The van der Waals surface area contributed by atoms with Crippen LogP contribution in [-0.4, -0.2) is 34.3 Å². The Balaban J connectivity index is 2.21. The molecule has 0 N–H and O–H groups in total. The summed E-state index contributed by atoms with van der Waals surface area (Å²) < 4.78 is 0. The molecule has 1 unspecified atom stereocenters. The van der Waals surface area contributed by atoms with Crippen LogP contribution in [-0.2, 0) is 11.3 Å². The van der Waals surface area contributed by atoms with Crippen LogP contribution in [0.1, 0.15) is 12.0 Å². The van der Waals surface area contributed by atoms with Crippen LogP contribution in [0.5, 0.6) is 0 Å². The number of imide groups is 1. The first kappa shape index (κ1) is 14.1. The number of benzene rings is 1. The standard InChI is InChI=1S/C16H18N2O2/c1-3-8-14-15(19)18(16(20)17(14)11-4-2)12-13-9-6-5-7-10-13/h3-7,9-10,14H,1-2,8,11-12H2. The smallest absolute Gasteiger partial charge is 0.308 e. The third-order valence-corrected chi connectivity index (χ3v) is 3.30. The van der Waals surface area contributed by atoms with Gasteiger partial charge in [-0.1, -0.05) is 42.5 Å². The fourth-order valence-electron chi connectivity index (χ4n) is 2.34. The molecule has 1 aromatic carbocycles. The molecule has 0 radical (unpaired) electrons. The van der Waals surface area contributed by atoms with Gasteiger partial charge in [0, 0.05) is 6.54 Å². The van der Waals surface area contributed by atoms with Gasteiger partial charge in [-0.3, -0.25) is 9.69 Å². The van der Waals surface area contributed by atoms with Crippen LogP contribution >= 0.6 is 0 Å². The Morgan fingerprint density at radius 3 is 2.40 bits per heavy atom. The van der Waals surface area contributed by atoms with Crippen molar-refractivity contribution in [3.05, 3.63) is 61.2 Å². The van der Waals surface area contributed by atoms with Crippen LogP contribution in [0.15, 0.2) is 55.6 Å². The van der Waals surface area contributed by atoms with Gasteiger partial charge < -0.3 is 4.90 Å². The quantitative estimate of drug-likeness (QED) is 0.589. The van der Waals surface area contributed by atoms with Gasteiger partial charge in [0.2, 0.25) is 0 Å². The van der Waals surface area contributed by atoms with E-state index in [9.17, 15) is 9.59 Å².